The van der Waals surface area contributed by atoms with Crippen LogP contribution in [0.4, 0.5) is 18.0 Å². The minimum Gasteiger partial charge on any atom is -0.385 e. The number of allylic oxidation sites excluding steroid dienone is 1. The van der Waals surface area contributed by atoms with Crippen molar-refractivity contribution in [1.82, 2.24) is 5.32 Å². The van der Waals surface area contributed by atoms with Gasteiger partial charge in [-0.2, -0.15) is 8.78 Å². The molecule has 1 aliphatic carbocycles. The molecule has 12 heteroatoms. The summed E-state index contributed by atoms with van der Waals surface area (Å²) in [6, 6.07) is -0.0597. The summed E-state index contributed by atoms with van der Waals surface area (Å²) >= 11 is 0.669. The molecule has 1 aromatic heterocycles. The summed E-state index contributed by atoms with van der Waals surface area (Å²) in [5.41, 5.74) is 0.200. The lowest BCUT2D eigenvalue weighted by atomic mass is 9.77. The Labute approximate surface area is 202 Å². The molecule has 1 aromatic rings. The zero-order chi connectivity index (χ0) is 26.2. The monoisotopic (exact) mass is 523 g/mol. The van der Waals surface area contributed by atoms with E-state index < -0.39 is 50.2 Å². The van der Waals surface area contributed by atoms with Crippen molar-refractivity contribution in [3.05, 3.63) is 39.7 Å². The number of aliphatic hydroxyl groups is 1. The lowest BCUT2D eigenvalue weighted by Gasteiger charge is -2.35. The van der Waals surface area contributed by atoms with Crippen LogP contribution in [0, 0.1) is 23.6 Å². The van der Waals surface area contributed by atoms with E-state index in [9.17, 15) is 27.3 Å². The third-order valence-corrected chi connectivity index (χ3v) is 8.73. The van der Waals surface area contributed by atoms with Crippen molar-refractivity contribution in [3.8, 4) is 0 Å². The van der Waals surface area contributed by atoms with Crippen LogP contribution in [0.15, 0.2) is 37.6 Å². The molecular weight excluding hydrogens is 491 g/mol. The third-order valence-electron chi connectivity index (χ3n) is 5.38. The molecule has 0 aromatic carbocycles. The molecule has 7 nitrogen and oxygen atoms in total. The smallest absolute Gasteiger partial charge is 0.354 e. The number of rotatable bonds is 7. The highest BCUT2D eigenvalue weighted by molar-refractivity contribution is 7.93. The highest BCUT2D eigenvalue weighted by Crippen LogP contribution is 2.38. The molecule has 0 saturated carbocycles. The van der Waals surface area contributed by atoms with Gasteiger partial charge in [0.1, 0.15) is 0 Å². The summed E-state index contributed by atoms with van der Waals surface area (Å²) in [6.07, 6.45) is 0.642. The van der Waals surface area contributed by atoms with Crippen LogP contribution in [0.5, 0.6) is 0 Å². The van der Waals surface area contributed by atoms with Crippen LogP contribution in [0.2, 0.25) is 0 Å². The molecule has 192 valence electrons. The van der Waals surface area contributed by atoms with Crippen LogP contribution in [0.1, 0.15) is 53.3 Å². The summed E-state index contributed by atoms with van der Waals surface area (Å²) in [7, 11) is -3.97. The summed E-state index contributed by atoms with van der Waals surface area (Å²) in [6.45, 7) is 8.96. The first-order valence-electron chi connectivity index (χ1n) is 10.7. The minimum absolute atomic E-state index is 0.150. The van der Waals surface area contributed by atoms with Crippen molar-refractivity contribution < 1.29 is 32.0 Å². The molecule has 0 spiro atoms. The third kappa shape index (κ3) is 6.48. The second-order valence-electron chi connectivity index (χ2n) is 9.31. The Kier molecular flexibility index (Phi) is 8.79. The maximum Gasteiger partial charge on any atom is 0.354 e. The molecule has 0 saturated heterocycles. The van der Waals surface area contributed by atoms with Gasteiger partial charge < -0.3 is 15.2 Å². The van der Waals surface area contributed by atoms with Crippen molar-refractivity contribution in [3.63, 3.8) is 0 Å². The van der Waals surface area contributed by atoms with E-state index in [1.165, 1.54) is 19.9 Å². The Morgan fingerprint density at radius 2 is 1.88 bits per heavy atom. The van der Waals surface area contributed by atoms with Gasteiger partial charge in [0, 0.05) is 16.5 Å². The average Bonchev–Trinajstić information content (AvgIpc) is 3.05. The van der Waals surface area contributed by atoms with E-state index >= 15 is 0 Å². The zero-order valence-corrected chi connectivity index (χ0v) is 21.8. The van der Waals surface area contributed by atoms with Crippen molar-refractivity contribution in [2.24, 2.45) is 27.3 Å². The fraction of sp³-hybridized carbons (Fsp3) is 0.591. The topological polar surface area (TPSA) is 114 Å². The molecule has 4 N–H and O–H groups in total. The lowest BCUT2D eigenvalue weighted by Crippen LogP contribution is -2.36. The normalized spacial score (nSPS) is 21.2. The van der Waals surface area contributed by atoms with Gasteiger partial charge in [0.05, 0.1) is 11.7 Å². The Morgan fingerprint density at radius 1 is 1.29 bits per heavy atom. The van der Waals surface area contributed by atoms with Crippen molar-refractivity contribution in [1.29, 1.82) is 0 Å². The van der Waals surface area contributed by atoms with E-state index in [1.54, 1.807) is 6.92 Å². The van der Waals surface area contributed by atoms with Crippen molar-refractivity contribution in [2.75, 3.05) is 0 Å². The Balaban J connectivity index is 2.50. The zero-order valence-electron chi connectivity index (χ0n) is 20.2. The molecule has 0 bridgehead atoms. The van der Waals surface area contributed by atoms with Gasteiger partial charge in [-0.05, 0) is 49.0 Å². The highest BCUT2D eigenvalue weighted by atomic mass is 32.2. The van der Waals surface area contributed by atoms with E-state index in [1.807, 2.05) is 27.7 Å². The molecule has 2 amide bonds. The van der Waals surface area contributed by atoms with Gasteiger partial charge >= 0.3 is 12.6 Å². The quantitative estimate of drug-likeness (QED) is 0.451. The number of nitrogens with zero attached hydrogens (tertiary/aromatic N) is 1. The minimum atomic E-state index is -3.97. The van der Waals surface area contributed by atoms with Crippen LogP contribution < -0.4 is 10.5 Å². The first-order chi connectivity index (χ1) is 15.5. The summed E-state index contributed by atoms with van der Waals surface area (Å²) in [4.78, 5) is 13.0. The van der Waals surface area contributed by atoms with E-state index in [0.717, 1.165) is 6.07 Å². The number of hydrogen-bond donors (Lipinski definition) is 3. The first kappa shape index (κ1) is 28.5. The number of halogens is 3. The second kappa shape index (κ2) is 10.5. The Morgan fingerprint density at radius 3 is 2.32 bits per heavy atom. The van der Waals surface area contributed by atoms with Gasteiger partial charge in [0.2, 0.25) is 0 Å². The number of nitrogens with one attached hydrogen (secondary N) is 1. The van der Waals surface area contributed by atoms with Crippen molar-refractivity contribution in [2.45, 2.75) is 71.0 Å². The van der Waals surface area contributed by atoms with Crippen LogP contribution >= 0.6 is 11.3 Å². The molecule has 1 aliphatic rings. The van der Waals surface area contributed by atoms with E-state index in [-0.39, 0.29) is 16.7 Å². The number of urea groups is 1. The van der Waals surface area contributed by atoms with E-state index in [0.29, 0.717) is 28.2 Å². The fourth-order valence-corrected chi connectivity index (χ4v) is 6.18. The fourth-order valence-electron chi connectivity index (χ4n) is 3.84. The molecule has 3 atom stereocenters. The molecule has 0 radical (unpaired) electrons. The van der Waals surface area contributed by atoms with Gasteiger partial charge in [0.15, 0.2) is 19.9 Å². The maximum atomic E-state index is 14.4. The highest BCUT2D eigenvalue weighted by Gasteiger charge is 2.34. The maximum absolute atomic E-state index is 14.4. The number of alkyl halides is 2. The number of hydrogen-bond acceptors (Lipinski definition) is 5. The molecule has 3 unspecified atom stereocenters. The van der Waals surface area contributed by atoms with E-state index in [2.05, 4.69) is 9.68 Å². The first-order valence-corrected chi connectivity index (χ1v) is 13.1. The van der Waals surface area contributed by atoms with Gasteiger partial charge in [-0.3, -0.25) is 0 Å². The van der Waals surface area contributed by atoms with Crippen LogP contribution in [0.3, 0.4) is 0 Å². The van der Waals surface area contributed by atoms with E-state index in [4.69, 9.17) is 9.88 Å². The summed E-state index contributed by atoms with van der Waals surface area (Å²) < 4.78 is 61.2. The molecule has 0 aliphatic heterocycles. The Bertz CT molecular complexity index is 1110. The number of amides is 2. The van der Waals surface area contributed by atoms with Crippen LogP contribution in [-0.4, -0.2) is 28.1 Å². The standard InChI is InChI=1S/C22H32F3N3O4S2/c1-10(2)13-8-15(32-20(24)25)12(5)17(11(3)4)18(13)27-21(29)28-34(26,31)19-14(23)9-16(33-19)22(6,7)30/h8-12,15,20,30H,1-7H3,(H3,26,27,28,29,31). The predicted octanol–water partition coefficient (Wildman–Crippen LogP) is 5.27. The van der Waals surface area contributed by atoms with Gasteiger partial charge in [0.25, 0.3) is 0 Å². The molecule has 0 fully saturated rings. The van der Waals surface area contributed by atoms with Crippen LogP contribution in [-0.2, 0) is 20.3 Å². The van der Waals surface area contributed by atoms with Gasteiger partial charge in [-0.1, -0.05) is 34.6 Å². The van der Waals surface area contributed by atoms with Crippen LogP contribution in [0.25, 0.3) is 0 Å². The molecule has 1 heterocycles. The predicted molar refractivity (Wildman–Crippen MR) is 126 cm³/mol. The van der Waals surface area contributed by atoms with Gasteiger partial charge in [-0.15, -0.1) is 15.7 Å². The number of ether oxygens (including phenoxy) is 1. The number of nitrogens with two attached hydrogens (primary N) is 1. The SMILES string of the molecule is CC(C)C1=CC(OC(F)F)C(C)C(C(C)C)=C1NC(=O)N=S(N)(=O)c1sc(C(C)(C)O)cc1F. The second-order valence-corrected chi connectivity index (χ2v) is 12.3. The van der Waals surface area contributed by atoms with Gasteiger partial charge in [-0.25, -0.2) is 18.5 Å². The largest absolute Gasteiger partial charge is 0.385 e. The lowest BCUT2D eigenvalue weighted by molar-refractivity contribution is -0.159. The average molecular weight is 524 g/mol. The molecule has 2 rings (SSSR count). The number of thiophene rings is 1. The van der Waals surface area contributed by atoms with Crippen molar-refractivity contribution >= 4 is 27.3 Å². The summed E-state index contributed by atoms with van der Waals surface area (Å²) in [5.74, 6) is -1.75. The molecule has 34 heavy (non-hydrogen) atoms. The molecular formula is C22H32F3N3O4S2. The summed E-state index contributed by atoms with van der Waals surface area (Å²) in [5, 5.41) is 18.4. The number of carbonyl (C=O) groups excluding carboxylic acids is 1. The number of carbonyl (C=O) groups is 1. The Hall–Kier alpha value is -1.73.